The van der Waals surface area contributed by atoms with Crippen LogP contribution in [0.5, 0.6) is 0 Å². The molecule has 0 amide bonds. The molecule has 0 aromatic carbocycles. The van der Waals surface area contributed by atoms with E-state index < -0.39 is 0 Å². The molecule has 1 atom stereocenters. The van der Waals surface area contributed by atoms with Crippen LogP contribution >= 0.6 is 23.1 Å². The molecule has 98 valence electrons. The fourth-order valence-corrected chi connectivity index (χ4v) is 2.83. The highest BCUT2D eigenvalue weighted by Crippen LogP contribution is 2.26. The number of rotatable bonds is 8. The van der Waals surface area contributed by atoms with E-state index in [4.69, 9.17) is 0 Å². The first kappa shape index (κ1) is 14.7. The van der Waals surface area contributed by atoms with Crippen molar-refractivity contribution in [1.82, 2.24) is 15.5 Å². The number of aromatic nitrogens is 2. The topological polar surface area (TPSA) is 61.3 Å². The molecular formula is C10H20N4OS2. The minimum absolute atomic E-state index is 0.335. The summed E-state index contributed by atoms with van der Waals surface area (Å²) in [6, 6.07) is 0. The molecule has 0 bridgehead atoms. The van der Waals surface area contributed by atoms with Crippen LogP contribution in [0.1, 0.15) is 13.3 Å². The summed E-state index contributed by atoms with van der Waals surface area (Å²) >= 11 is 3.10. The van der Waals surface area contributed by atoms with Crippen molar-refractivity contribution in [3.63, 3.8) is 0 Å². The zero-order chi connectivity index (χ0) is 12.7. The Hall–Kier alpha value is -0.370. The van der Waals surface area contributed by atoms with Crippen LogP contribution < -0.4 is 10.2 Å². The van der Waals surface area contributed by atoms with Gasteiger partial charge in [0.25, 0.3) is 0 Å². The third-order valence-electron chi connectivity index (χ3n) is 1.98. The van der Waals surface area contributed by atoms with Crippen molar-refractivity contribution in [1.29, 1.82) is 0 Å². The Morgan fingerprint density at radius 2 is 2.24 bits per heavy atom. The smallest absolute Gasteiger partial charge is 0.208 e. The number of aliphatic hydroxyl groups is 1. The molecule has 1 aromatic heterocycles. The van der Waals surface area contributed by atoms with E-state index in [2.05, 4.69) is 22.4 Å². The summed E-state index contributed by atoms with van der Waals surface area (Å²) in [6.07, 6.45) is 0.751. The fraction of sp³-hybridized carbons (Fsp3) is 0.800. The van der Waals surface area contributed by atoms with Crippen LogP contribution in [0.15, 0.2) is 4.34 Å². The van der Waals surface area contributed by atoms with Crippen molar-refractivity contribution in [3.05, 3.63) is 0 Å². The normalized spacial score (nSPS) is 12.7. The van der Waals surface area contributed by atoms with E-state index in [1.807, 2.05) is 19.0 Å². The first-order chi connectivity index (χ1) is 8.13. The lowest BCUT2D eigenvalue weighted by molar-refractivity contribution is 0.196. The van der Waals surface area contributed by atoms with Crippen molar-refractivity contribution >= 4 is 28.2 Å². The molecule has 7 heteroatoms. The van der Waals surface area contributed by atoms with Gasteiger partial charge in [0.15, 0.2) is 4.34 Å². The van der Waals surface area contributed by atoms with Gasteiger partial charge in [0, 0.05) is 26.4 Å². The minimum atomic E-state index is -0.335. The van der Waals surface area contributed by atoms with Crippen LogP contribution in [0.3, 0.4) is 0 Å². The molecule has 1 unspecified atom stereocenters. The highest BCUT2D eigenvalue weighted by molar-refractivity contribution is 8.01. The molecule has 0 fully saturated rings. The van der Waals surface area contributed by atoms with Gasteiger partial charge in [-0.25, -0.2) is 0 Å². The van der Waals surface area contributed by atoms with Gasteiger partial charge in [0.05, 0.1) is 6.10 Å². The van der Waals surface area contributed by atoms with Crippen molar-refractivity contribution in [3.8, 4) is 0 Å². The molecule has 1 rings (SSSR count). The number of hydrogen-bond donors (Lipinski definition) is 2. The van der Waals surface area contributed by atoms with Crippen LogP contribution in [0.25, 0.3) is 0 Å². The number of nitrogens with zero attached hydrogens (tertiary/aromatic N) is 3. The Bertz CT molecular complexity index is 319. The quantitative estimate of drug-likeness (QED) is 0.547. The summed E-state index contributed by atoms with van der Waals surface area (Å²) in [4.78, 5) is 1.93. The lowest BCUT2D eigenvalue weighted by atomic mass is 10.4. The van der Waals surface area contributed by atoms with Gasteiger partial charge in [-0.15, -0.1) is 10.2 Å². The first-order valence-corrected chi connectivity index (χ1v) is 7.46. The highest BCUT2D eigenvalue weighted by Gasteiger charge is 2.09. The van der Waals surface area contributed by atoms with E-state index in [0.29, 0.717) is 12.3 Å². The Labute approximate surface area is 111 Å². The lowest BCUT2D eigenvalue weighted by Gasteiger charge is -2.09. The standard InChI is InChI=1S/C10H20N4OS2/c1-4-5-11-6-8(15)7-16-10-13-12-9(17-10)14(2)3/h8,11,15H,4-7H2,1-3H3. The number of nitrogens with one attached hydrogen (secondary N) is 1. The molecule has 2 N–H and O–H groups in total. The van der Waals surface area contributed by atoms with Crippen LogP contribution in [0.2, 0.25) is 0 Å². The summed E-state index contributed by atoms with van der Waals surface area (Å²) in [5.41, 5.74) is 0. The Morgan fingerprint density at radius 3 is 2.82 bits per heavy atom. The zero-order valence-electron chi connectivity index (χ0n) is 10.5. The predicted molar refractivity (Wildman–Crippen MR) is 74.1 cm³/mol. The van der Waals surface area contributed by atoms with Crippen molar-refractivity contribution < 1.29 is 5.11 Å². The monoisotopic (exact) mass is 276 g/mol. The molecule has 1 heterocycles. The number of hydrogen-bond acceptors (Lipinski definition) is 7. The molecule has 0 saturated heterocycles. The Balaban J connectivity index is 2.24. The van der Waals surface area contributed by atoms with Gasteiger partial charge in [-0.2, -0.15) is 0 Å². The molecule has 0 aliphatic rings. The summed E-state index contributed by atoms with van der Waals surface area (Å²) in [6.45, 7) is 3.70. The zero-order valence-corrected chi connectivity index (χ0v) is 12.1. The van der Waals surface area contributed by atoms with Crippen LogP contribution in [0, 0.1) is 0 Å². The largest absolute Gasteiger partial charge is 0.391 e. The van der Waals surface area contributed by atoms with Gasteiger partial charge >= 0.3 is 0 Å². The van der Waals surface area contributed by atoms with E-state index in [-0.39, 0.29) is 6.10 Å². The number of aliphatic hydroxyl groups excluding tert-OH is 1. The molecule has 0 saturated carbocycles. The van der Waals surface area contributed by atoms with Crippen LogP contribution in [-0.2, 0) is 0 Å². The van der Waals surface area contributed by atoms with E-state index in [9.17, 15) is 5.11 Å². The van der Waals surface area contributed by atoms with E-state index in [1.165, 1.54) is 0 Å². The molecule has 0 aliphatic heterocycles. The first-order valence-electron chi connectivity index (χ1n) is 5.66. The molecular weight excluding hydrogens is 256 g/mol. The molecule has 5 nitrogen and oxygen atoms in total. The third kappa shape index (κ3) is 5.67. The second kappa shape index (κ2) is 7.86. The van der Waals surface area contributed by atoms with Gasteiger partial charge < -0.3 is 15.3 Å². The second-order valence-corrected chi connectivity index (χ2v) is 6.14. The summed E-state index contributed by atoms with van der Waals surface area (Å²) in [5.74, 6) is 0.652. The molecule has 0 spiro atoms. The maximum absolute atomic E-state index is 9.72. The molecule has 0 aliphatic carbocycles. The van der Waals surface area contributed by atoms with Gasteiger partial charge in [-0.05, 0) is 13.0 Å². The maximum Gasteiger partial charge on any atom is 0.208 e. The van der Waals surface area contributed by atoms with Crippen molar-refractivity contribution in [2.45, 2.75) is 23.8 Å². The SMILES string of the molecule is CCCNCC(O)CSc1nnc(N(C)C)s1. The van der Waals surface area contributed by atoms with E-state index in [0.717, 1.165) is 22.4 Å². The van der Waals surface area contributed by atoms with Gasteiger partial charge in [0.2, 0.25) is 5.13 Å². The fourth-order valence-electron chi connectivity index (χ4n) is 1.11. The van der Waals surface area contributed by atoms with E-state index >= 15 is 0 Å². The van der Waals surface area contributed by atoms with Gasteiger partial charge in [-0.1, -0.05) is 30.0 Å². The summed E-state index contributed by atoms with van der Waals surface area (Å²) in [5, 5.41) is 21.9. The minimum Gasteiger partial charge on any atom is -0.391 e. The van der Waals surface area contributed by atoms with Crippen molar-refractivity contribution in [2.75, 3.05) is 37.8 Å². The summed E-state index contributed by atoms with van der Waals surface area (Å²) in [7, 11) is 3.89. The molecule has 0 radical (unpaired) electrons. The van der Waals surface area contributed by atoms with E-state index in [1.54, 1.807) is 23.1 Å². The average Bonchev–Trinajstić information content (AvgIpc) is 2.75. The molecule has 1 aromatic rings. The maximum atomic E-state index is 9.72. The molecule has 17 heavy (non-hydrogen) atoms. The Kier molecular flexibility index (Phi) is 6.79. The van der Waals surface area contributed by atoms with Crippen LogP contribution in [0.4, 0.5) is 5.13 Å². The number of anilines is 1. The predicted octanol–water partition coefficient (Wildman–Crippen LogP) is 1.06. The number of thioether (sulfide) groups is 1. The van der Waals surface area contributed by atoms with Crippen molar-refractivity contribution in [2.24, 2.45) is 0 Å². The lowest BCUT2D eigenvalue weighted by Crippen LogP contribution is -2.28. The second-order valence-electron chi connectivity index (χ2n) is 3.91. The summed E-state index contributed by atoms with van der Waals surface area (Å²) < 4.78 is 0.906. The van der Waals surface area contributed by atoms with Gasteiger partial charge in [0.1, 0.15) is 0 Å². The third-order valence-corrected chi connectivity index (χ3v) is 4.35. The van der Waals surface area contributed by atoms with Gasteiger partial charge in [-0.3, -0.25) is 0 Å². The Morgan fingerprint density at radius 1 is 1.47 bits per heavy atom. The van der Waals surface area contributed by atoms with Crippen LogP contribution in [-0.4, -0.2) is 54.3 Å². The highest BCUT2D eigenvalue weighted by atomic mass is 32.2. The average molecular weight is 276 g/mol.